The first-order valence-electron chi connectivity index (χ1n) is 6.35. The van der Waals surface area contributed by atoms with Crippen molar-refractivity contribution in [3.05, 3.63) is 66.2 Å². The smallest absolute Gasteiger partial charge is 0.320 e. The summed E-state index contributed by atoms with van der Waals surface area (Å²) < 4.78 is 29.2. The zero-order valence-electron chi connectivity index (χ0n) is 11.7. The van der Waals surface area contributed by atoms with Crippen LogP contribution in [0.5, 0.6) is 0 Å². The van der Waals surface area contributed by atoms with Crippen LogP contribution in [0.4, 0.5) is 0 Å². The summed E-state index contributed by atoms with van der Waals surface area (Å²) in [6, 6.07) is 16.0. The highest BCUT2D eigenvalue weighted by molar-refractivity contribution is 7.85. The Morgan fingerprint density at radius 2 is 1.45 bits per heavy atom. The van der Waals surface area contributed by atoms with Gasteiger partial charge in [-0.05, 0) is 24.1 Å². The van der Waals surface area contributed by atoms with Gasteiger partial charge in [-0.25, -0.2) is 0 Å². The zero-order chi connectivity index (χ0) is 16.6. The molecule has 1 atom stereocenters. The van der Waals surface area contributed by atoms with Crippen LogP contribution in [0, 0.1) is 0 Å². The van der Waals surface area contributed by atoms with Gasteiger partial charge >= 0.3 is 5.97 Å². The lowest BCUT2D eigenvalue weighted by Crippen LogP contribution is -2.32. The fourth-order valence-electron chi connectivity index (χ4n) is 1.55. The molecule has 118 valence electrons. The number of rotatable bonds is 4. The van der Waals surface area contributed by atoms with E-state index in [1.165, 1.54) is 12.1 Å². The van der Waals surface area contributed by atoms with Gasteiger partial charge in [0.05, 0.1) is 4.90 Å². The minimum absolute atomic E-state index is 0.0741. The maximum absolute atomic E-state index is 10.4. The first-order valence-corrected chi connectivity index (χ1v) is 7.79. The lowest BCUT2D eigenvalue weighted by Gasteiger charge is -2.04. The van der Waals surface area contributed by atoms with E-state index in [2.05, 4.69) is 0 Å². The van der Waals surface area contributed by atoms with Gasteiger partial charge in [0, 0.05) is 0 Å². The molecular weight excluding hydrogens is 306 g/mol. The van der Waals surface area contributed by atoms with Gasteiger partial charge in [0.2, 0.25) is 0 Å². The van der Waals surface area contributed by atoms with Crippen molar-refractivity contribution in [3.8, 4) is 0 Å². The fourth-order valence-corrected chi connectivity index (χ4v) is 2.05. The Labute approximate surface area is 129 Å². The van der Waals surface area contributed by atoms with Crippen LogP contribution in [0.25, 0.3) is 0 Å². The van der Waals surface area contributed by atoms with E-state index in [0.717, 1.165) is 5.56 Å². The third kappa shape index (κ3) is 6.49. The molecule has 2 aromatic carbocycles. The monoisotopic (exact) mass is 323 g/mol. The molecule has 0 radical (unpaired) electrons. The molecule has 0 unspecified atom stereocenters. The Kier molecular flexibility index (Phi) is 6.71. The van der Waals surface area contributed by atoms with Crippen molar-refractivity contribution >= 4 is 16.1 Å². The number of hydrogen-bond donors (Lipinski definition) is 3. The molecule has 0 saturated carbocycles. The largest absolute Gasteiger partial charge is 0.480 e. The quantitative estimate of drug-likeness (QED) is 0.735. The van der Waals surface area contributed by atoms with Gasteiger partial charge in [0.1, 0.15) is 6.04 Å². The summed E-state index contributed by atoms with van der Waals surface area (Å²) in [6.07, 6.45) is 0.385. The van der Waals surface area contributed by atoms with Crippen LogP contribution in [0.1, 0.15) is 5.56 Å². The summed E-state index contributed by atoms with van der Waals surface area (Å²) in [5, 5.41) is 8.52. The predicted octanol–water partition coefficient (Wildman–Crippen LogP) is 1.57. The van der Waals surface area contributed by atoms with Crippen LogP contribution in [0.3, 0.4) is 0 Å². The van der Waals surface area contributed by atoms with Crippen molar-refractivity contribution in [2.45, 2.75) is 17.4 Å². The van der Waals surface area contributed by atoms with Crippen molar-refractivity contribution in [2.75, 3.05) is 0 Å². The first-order chi connectivity index (χ1) is 10.3. The highest BCUT2D eigenvalue weighted by Crippen LogP contribution is 2.05. The Bertz CT molecular complexity index is 686. The number of hydrogen-bond acceptors (Lipinski definition) is 4. The predicted molar refractivity (Wildman–Crippen MR) is 82.0 cm³/mol. The third-order valence-electron chi connectivity index (χ3n) is 2.66. The van der Waals surface area contributed by atoms with Crippen LogP contribution in [-0.2, 0) is 21.3 Å². The van der Waals surface area contributed by atoms with Gasteiger partial charge in [-0.1, -0.05) is 48.5 Å². The molecule has 4 N–H and O–H groups in total. The Hall–Kier alpha value is -2.22. The summed E-state index contributed by atoms with van der Waals surface area (Å²) in [5.41, 5.74) is 6.30. The van der Waals surface area contributed by atoms with Gasteiger partial charge in [-0.3, -0.25) is 9.35 Å². The minimum atomic E-state index is -4.00. The van der Waals surface area contributed by atoms with Gasteiger partial charge in [0.15, 0.2) is 0 Å². The molecule has 0 amide bonds. The minimum Gasteiger partial charge on any atom is -0.480 e. The Morgan fingerprint density at radius 1 is 1.00 bits per heavy atom. The standard InChI is InChI=1S/C9H11NO2.C6H6O3S/c10-8(9(11)12)6-7-4-2-1-3-5-7;7-10(8,9)6-4-2-1-3-5-6/h1-5,8H,6,10H2,(H,11,12);1-5H,(H,7,8,9)/t8-;/m0./s1. The van der Waals surface area contributed by atoms with Gasteiger partial charge in [0.25, 0.3) is 10.1 Å². The average Bonchev–Trinajstić information content (AvgIpc) is 2.49. The van der Waals surface area contributed by atoms with E-state index in [0.29, 0.717) is 6.42 Å². The number of carbonyl (C=O) groups is 1. The van der Waals surface area contributed by atoms with Gasteiger partial charge in [-0.15, -0.1) is 0 Å². The molecule has 0 bridgehead atoms. The van der Waals surface area contributed by atoms with Crippen LogP contribution in [0.2, 0.25) is 0 Å². The first kappa shape index (κ1) is 17.8. The second-order valence-corrected chi connectivity index (χ2v) is 5.84. The summed E-state index contributed by atoms with van der Waals surface area (Å²) in [7, 11) is -4.00. The Balaban J connectivity index is 0.000000224. The second kappa shape index (κ2) is 8.28. The van der Waals surface area contributed by atoms with Gasteiger partial charge < -0.3 is 10.8 Å². The van der Waals surface area contributed by atoms with Crippen molar-refractivity contribution < 1.29 is 22.9 Å². The average molecular weight is 323 g/mol. The van der Waals surface area contributed by atoms with Crippen LogP contribution < -0.4 is 5.73 Å². The molecular formula is C15H17NO5S. The molecule has 6 nitrogen and oxygen atoms in total. The Morgan fingerprint density at radius 3 is 1.82 bits per heavy atom. The fraction of sp³-hybridized carbons (Fsp3) is 0.133. The molecule has 22 heavy (non-hydrogen) atoms. The topological polar surface area (TPSA) is 118 Å². The highest BCUT2D eigenvalue weighted by Gasteiger charge is 2.11. The van der Waals surface area contributed by atoms with E-state index in [1.807, 2.05) is 30.3 Å². The summed E-state index contributed by atoms with van der Waals surface area (Å²) in [4.78, 5) is 10.3. The number of benzene rings is 2. The number of carboxylic acids is 1. The van der Waals surface area contributed by atoms with E-state index >= 15 is 0 Å². The van der Waals surface area contributed by atoms with Crippen molar-refractivity contribution in [1.82, 2.24) is 0 Å². The number of aliphatic carboxylic acids is 1. The molecule has 7 heteroatoms. The summed E-state index contributed by atoms with van der Waals surface area (Å²) >= 11 is 0. The lowest BCUT2D eigenvalue weighted by atomic mass is 10.1. The SMILES string of the molecule is N[C@@H](Cc1ccccc1)C(=O)O.O=S(=O)(O)c1ccccc1. The van der Waals surface area contributed by atoms with Crippen LogP contribution in [-0.4, -0.2) is 30.1 Å². The molecule has 0 aromatic heterocycles. The molecule has 0 heterocycles. The zero-order valence-corrected chi connectivity index (χ0v) is 12.5. The van der Waals surface area contributed by atoms with Crippen molar-refractivity contribution in [1.29, 1.82) is 0 Å². The summed E-state index contributed by atoms with van der Waals surface area (Å²) in [6.45, 7) is 0. The molecule has 0 saturated heterocycles. The van der Waals surface area contributed by atoms with E-state index in [-0.39, 0.29) is 4.90 Å². The number of carboxylic acid groups (broad SMARTS) is 1. The van der Waals surface area contributed by atoms with E-state index in [1.54, 1.807) is 18.2 Å². The lowest BCUT2D eigenvalue weighted by molar-refractivity contribution is -0.138. The normalized spacial score (nSPS) is 11.9. The van der Waals surface area contributed by atoms with Crippen molar-refractivity contribution in [2.24, 2.45) is 5.73 Å². The van der Waals surface area contributed by atoms with Crippen molar-refractivity contribution in [3.63, 3.8) is 0 Å². The molecule has 0 aliphatic rings. The van der Waals surface area contributed by atoms with Crippen LogP contribution in [0.15, 0.2) is 65.6 Å². The summed E-state index contributed by atoms with van der Waals surface area (Å²) in [5.74, 6) is -0.959. The maximum atomic E-state index is 10.4. The second-order valence-electron chi connectivity index (χ2n) is 4.42. The molecule has 2 aromatic rings. The van der Waals surface area contributed by atoms with E-state index in [9.17, 15) is 13.2 Å². The molecule has 0 aliphatic heterocycles. The highest BCUT2D eigenvalue weighted by atomic mass is 32.2. The maximum Gasteiger partial charge on any atom is 0.320 e. The molecule has 0 fully saturated rings. The van der Waals surface area contributed by atoms with E-state index < -0.39 is 22.1 Å². The molecule has 2 rings (SSSR count). The molecule has 0 aliphatic carbocycles. The third-order valence-corrected chi connectivity index (χ3v) is 3.52. The van der Waals surface area contributed by atoms with Crippen LogP contribution >= 0.6 is 0 Å². The van der Waals surface area contributed by atoms with E-state index in [4.69, 9.17) is 15.4 Å². The number of nitrogens with two attached hydrogens (primary N) is 1. The molecule has 0 spiro atoms. The van der Waals surface area contributed by atoms with Gasteiger partial charge in [-0.2, -0.15) is 8.42 Å².